The molecule has 2 aliphatic heterocycles. The Bertz CT molecular complexity index is 1400. The van der Waals surface area contributed by atoms with Gasteiger partial charge in [0, 0.05) is 37.8 Å². The lowest BCUT2D eigenvalue weighted by molar-refractivity contribution is -0.140. The number of halogens is 2. The minimum Gasteiger partial charge on any atom is -0.495 e. The van der Waals surface area contributed by atoms with Crippen molar-refractivity contribution in [1.82, 2.24) is 20.2 Å². The molecule has 5 rings (SSSR count). The Morgan fingerprint density at radius 2 is 1.87 bits per heavy atom. The predicted octanol–water partition coefficient (Wildman–Crippen LogP) is 4.72. The number of nitrogens with one attached hydrogen (secondary N) is 2. The summed E-state index contributed by atoms with van der Waals surface area (Å²) >= 11 is 0. The quantitative estimate of drug-likeness (QED) is 0.379. The Labute approximate surface area is 261 Å². The number of anilines is 4. The van der Waals surface area contributed by atoms with E-state index in [4.69, 9.17) is 9.47 Å². The van der Waals surface area contributed by atoms with Crippen LogP contribution >= 0.6 is 0 Å². The number of nitrogens with zero attached hydrogens (tertiary/aromatic N) is 5. The highest BCUT2D eigenvalue weighted by atomic mass is 19.3. The average molecular weight is 630 g/mol. The van der Waals surface area contributed by atoms with Crippen molar-refractivity contribution in [2.24, 2.45) is 0 Å². The van der Waals surface area contributed by atoms with Gasteiger partial charge in [-0.2, -0.15) is 13.8 Å². The summed E-state index contributed by atoms with van der Waals surface area (Å²) in [5.74, 6) is -4.37. The molecule has 3 aliphatic rings. The Kier molecular flexibility index (Phi) is 9.88. The van der Waals surface area contributed by atoms with E-state index in [0.29, 0.717) is 49.5 Å². The van der Waals surface area contributed by atoms with Gasteiger partial charge >= 0.3 is 12.0 Å². The lowest BCUT2D eigenvalue weighted by Gasteiger charge is -2.31. The molecule has 12 nitrogen and oxygen atoms in total. The molecule has 1 aromatic heterocycles. The monoisotopic (exact) mass is 629 g/mol. The second-order valence-corrected chi connectivity index (χ2v) is 11.8. The predicted molar refractivity (Wildman–Crippen MR) is 165 cm³/mol. The van der Waals surface area contributed by atoms with Crippen LogP contribution in [0.1, 0.15) is 68.6 Å². The molecule has 1 saturated carbocycles. The standard InChI is InChI=1S/C31H41F2N7O5/c1-4-5-16-45-30(43)39-14-12-21(13-15-39)35-27(41)20-10-11-23(25(17-20)44-3)36-29-34-18-24-26(37-29)40(22-8-6-7-9-22)19-31(32,33)28(42)38(24)2/h10-11,17-18,21-22H,4-9,12-16,19H2,1-3H3,(H,35,41)(H,34,36,37). The van der Waals surface area contributed by atoms with Crippen molar-refractivity contribution in [2.75, 3.05) is 55.5 Å². The van der Waals surface area contributed by atoms with E-state index < -0.39 is 18.4 Å². The van der Waals surface area contributed by atoms with E-state index in [1.165, 1.54) is 20.4 Å². The lowest BCUT2D eigenvalue weighted by atomic mass is 10.0. The van der Waals surface area contributed by atoms with Crippen LogP contribution in [0.15, 0.2) is 24.4 Å². The van der Waals surface area contributed by atoms with E-state index in [2.05, 4.69) is 20.6 Å². The molecule has 2 fully saturated rings. The van der Waals surface area contributed by atoms with E-state index in [9.17, 15) is 23.2 Å². The first kappa shape index (κ1) is 32.2. The van der Waals surface area contributed by atoms with Crippen LogP contribution in [0.2, 0.25) is 0 Å². The largest absolute Gasteiger partial charge is 0.495 e. The average Bonchev–Trinajstić information content (AvgIpc) is 3.56. The van der Waals surface area contributed by atoms with Gasteiger partial charge in [0.15, 0.2) is 5.82 Å². The molecule has 14 heteroatoms. The minimum absolute atomic E-state index is 0.0887. The molecule has 1 aromatic carbocycles. The van der Waals surface area contributed by atoms with Crippen LogP contribution in [0.4, 0.5) is 36.7 Å². The number of carbonyl (C=O) groups excluding carboxylic acids is 3. The van der Waals surface area contributed by atoms with Crippen LogP contribution < -0.4 is 25.2 Å². The summed E-state index contributed by atoms with van der Waals surface area (Å²) in [5, 5.41) is 6.12. The molecule has 1 aliphatic carbocycles. The highest BCUT2D eigenvalue weighted by molar-refractivity contribution is 6.02. The molecule has 0 unspecified atom stereocenters. The van der Waals surface area contributed by atoms with Crippen molar-refractivity contribution in [3.8, 4) is 5.75 Å². The van der Waals surface area contributed by atoms with Crippen LogP contribution in [0.25, 0.3) is 0 Å². The van der Waals surface area contributed by atoms with E-state index >= 15 is 0 Å². The minimum atomic E-state index is -3.57. The Balaban J connectivity index is 1.27. The van der Waals surface area contributed by atoms with Gasteiger partial charge in [0.05, 0.1) is 32.1 Å². The van der Waals surface area contributed by atoms with Gasteiger partial charge < -0.3 is 34.8 Å². The summed E-state index contributed by atoms with van der Waals surface area (Å²) in [6.07, 6.45) is 7.39. The molecule has 1 saturated heterocycles. The van der Waals surface area contributed by atoms with Crippen molar-refractivity contribution in [3.63, 3.8) is 0 Å². The zero-order chi connectivity index (χ0) is 32.1. The number of benzene rings is 1. The summed E-state index contributed by atoms with van der Waals surface area (Å²) in [5.41, 5.74) is 1.07. The molecule has 3 heterocycles. The van der Waals surface area contributed by atoms with Crippen molar-refractivity contribution < 1.29 is 32.6 Å². The summed E-state index contributed by atoms with van der Waals surface area (Å²) in [6, 6.07) is 4.65. The first-order chi connectivity index (χ1) is 21.6. The second kappa shape index (κ2) is 13.8. The van der Waals surface area contributed by atoms with E-state index in [1.54, 1.807) is 28.0 Å². The third kappa shape index (κ3) is 7.20. The van der Waals surface area contributed by atoms with Crippen molar-refractivity contribution in [3.05, 3.63) is 30.0 Å². The molecular weight excluding hydrogens is 588 g/mol. The Hall–Kier alpha value is -4.23. The van der Waals surface area contributed by atoms with E-state index in [0.717, 1.165) is 43.4 Å². The normalized spacial score (nSPS) is 18.8. The first-order valence-corrected chi connectivity index (χ1v) is 15.6. The molecule has 244 valence electrons. The molecule has 0 atom stereocenters. The molecule has 0 spiro atoms. The van der Waals surface area contributed by atoms with Crippen molar-refractivity contribution in [2.45, 2.75) is 76.3 Å². The van der Waals surface area contributed by atoms with E-state index in [-0.39, 0.29) is 41.5 Å². The first-order valence-electron chi connectivity index (χ1n) is 15.6. The van der Waals surface area contributed by atoms with Gasteiger partial charge in [-0.05, 0) is 50.3 Å². The van der Waals surface area contributed by atoms with Crippen molar-refractivity contribution >= 4 is 41.0 Å². The number of ether oxygens (including phenoxy) is 2. The number of methoxy groups -OCH3 is 1. The molecule has 45 heavy (non-hydrogen) atoms. The highest BCUT2D eigenvalue weighted by Crippen LogP contribution is 2.40. The summed E-state index contributed by atoms with van der Waals surface area (Å²) < 4.78 is 40.7. The van der Waals surface area contributed by atoms with Crippen LogP contribution in [0.5, 0.6) is 5.75 Å². The number of aromatic nitrogens is 2. The summed E-state index contributed by atoms with van der Waals surface area (Å²) in [7, 11) is 2.78. The summed E-state index contributed by atoms with van der Waals surface area (Å²) in [6.45, 7) is 2.70. The second-order valence-electron chi connectivity index (χ2n) is 11.8. The number of carbonyl (C=O) groups is 3. The van der Waals surface area contributed by atoms with Crippen molar-refractivity contribution in [1.29, 1.82) is 0 Å². The van der Waals surface area contributed by atoms with Gasteiger partial charge in [-0.1, -0.05) is 26.2 Å². The topological polar surface area (TPSA) is 129 Å². The molecule has 2 N–H and O–H groups in total. The van der Waals surface area contributed by atoms with Crippen LogP contribution in [-0.4, -0.2) is 91.2 Å². The molecule has 0 radical (unpaired) electrons. The molecular formula is C31H41F2N7O5. The maximum absolute atomic E-state index is 14.9. The van der Waals surface area contributed by atoms with Crippen LogP contribution in [-0.2, 0) is 9.53 Å². The number of rotatable bonds is 9. The van der Waals surface area contributed by atoms with Gasteiger partial charge in [-0.25, -0.2) is 9.78 Å². The SMILES string of the molecule is CCCCOC(=O)N1CCC(NC(=O)c2ccc(Nc3ncc4c(n3)N(C3CCCC3)CC(F)(F)C(=O)N4C)c(OC)c2)CC1. The van der Waals surface area contributed by atoms with Crippen LogP contribution in [0.3, 0.4) is 0 Å². The molecule has 3 amide bonds. The number of hydrogen-bond acceptors (Lipinski definition) is 9. The Morgan fingerprint density at radius 3 is 2.56 bits per heavy atom. The van der Waals surface area contributed by atoms with Gasteiger partial charge in [-0.3, -0.25) is 9.59 Å². The smallest absolute Gasteiger partial charge is 0.409 e. The summed E-state index contributed by atoms with van der Waals surface area (Å²) in [4.78, 5) is 50.9. The van der Waals surface area contributed by atoms with Gasteiger partial charge in [0.2, 0.25) is 5.95 Å². The number of likely N-dealkylation sites (tertiary alicyclic amines) is 1. The maximum Gasteiger partial charge on any atom is 0.409 e. The molecule has 0 bridgehead atoms. The third-order valence-corrected chi connectivity index (χ3v) is 8.66. The number of amides is 3. The number of fused-ring (bicyclic) bond motifs is 1. The number of alkyl halides is 2. The molecule has 2 aromatic rings. The Morgan fingerprint density at radius 1 is 1.13 bits per heavy atom. The zero-order valence-corrected chi connectivity index (χ0v) is 26.0. The fourth-order valence-electron chi connectivity index (χ4n) is 6.03. The fourth-order valence-corrected chi connectivity index (χ4v) is 6.03. The highest BCUT2D eigenvalue weighted by Gasteiger charge is 2.48. The van der Waals surface area contributed by atoms with Gasteiger partial charge in [-0.15, -0.1) is 0 Å². The number of hydrogen-bond donors (Lipinski definition) is 2. The van der Waals surface area contributed by atoms with E-state index in [1.807, 2.05) is 6.92 Å². The fraction of sp³-hybridized carbons (Fsp3) is 0.581. The lowest BCUT2D eigenvalue weighted by Crippen LogP contribution is -2.48. The van der Waals surface area contributed by atoms with Gasteiger partial charge in [0.1, 0.15) is 11.4 Å². The zero-order valence-electron chi connectivity index (χ0n) is 26.0. The number of unbranched alkanes of at least 4 members (excludes halogenated alkanes) is 1. The van der Waals surface area contributed by atoms with Crippen LogP contribution in [0, 0.1) is 0 Å². The maximum atomic E-state index is 14.9. The van der Waals surface area contributed by atoms with Gasteiger partial charge in [0.25, 0.3) is 11.8 Å². The third-order valence-electron chi connectivity index (χ3n) is 8.66. The number of piperidine rings is 1.